The average Bonchev–Trinajstić information content (AvgIpc) is 2.30. The minimum absolute atomic E-state index is 0.163. The van der Waals surface area contributed by atoms with Crippen LogP contribution >= 0.6 is 0 Å². The lowest BCUT2D eigenvalue weighted by atomic mass is 10.4. The molecule has 0 aliphatic carbocycles. The Labute approximate surface area is 73.4 Å². The predicted octanol–water partition coefficient (Wildman–Crippen LogP) is 1.96. The highest BCUT2D eigenvalue weighted by Crippen LogP contribution is 2.10. The summed E-state index contributed by atoms with van der Waals surface area (Å²) in [5.74, 6) is 0. The van der Waals surface area contributed by atoms with Gasteiger partial charge in [0.05, 0.1) is 8.07 Å². The largest absolute Gasteiger partial charge is 0.509 e. The van der Waals surface area contributed by atoms with Crippen molar-refractivity contribution in [2.24, 2.45) is 0 Å². The van der Waals surface area contributed by atoms with Gasteiger partial charge < -0.3 is 9.47 Å². The van der Waals surface area contributed by atoms with Gasteiger partial charge in [0.1, 0.15) is 6.61 Å². The molecule has 0 radical (unpaired) electrons. The van der Waals surface area contributed by atoms with E-state index in [1.54, 1.807) is 0 Å². The second kappa shape index (κ2) is 3.31. The molecule has 4 heteroatoms. The van der Waals surface area contributed by atoms with Gasteiger partial charge in [-0.1, -0.05) is 25.3 Å². The molecule has 1 heterocycles. The topological polar surface area (TPSA) is 35.5 Å². The van der Waals surface area contributed by atoms with Crippen LogP contribution in [0.25, 0.3) is 0 Å². The maximum Gasteiger partial charge on any atom is 0.509 e. The summed E-state index contributed by atoms with van der Waals surface area (Å²) in [5.41, 5.74) is 2.15. The third-order valence-electron chi connectivity index (χ3n) is 1.42. The summed E-state index contributed by atoms with van der Waals surface area (Å²) in [4.78, 5) is 10.5. The summed E-state index contributed by atoms with van der Waals surface area (Å²) in [7, 11) is -1.17. The molecule has 12 heavy (non-hydrogen) atoms. The van der Waals surface area contributed by atoms with Crippen LogP contribution in [0.4, 0.5) is 4.79 Å². The fraction of sp³-hybridized carbons (Fsp3) is 0.625. The van der Waals surface area contributed by atoms with Crippen molar-refractivity contribution in [3.8, 4) is 0 Å². The van der Waals surface area contributed by atoms with Crippen LogP contribution in [0.5, 0.6) is 0 Å². The number of carbonyl (C=O) groups is 1. The normalized spacial score (nSPS) is 24.2. The van der Waals surface area contributed by atoms with E-state index in [4.69, 9.17) is 4.74 Å². The fourth-order valence-corrected chi connectivity index (χ4v) is 1.62. The Morgan fingerprint density at radius 2 is 2.17 bits per heavy atom. The van der Waals surface area contributed by atoms with E-state index in [0.29, 0.717) is 6.61 Å². The van der Waals surface area contributed by atoms with Gasteiger partial charge in [-0.25, -0.2) is 4.79 Å². The molecule has 1 atom stereocenters. The van der Waals surface area contributed by atoms with Crippen LogP contribution in [0.15, 0.2) is 11.8 Å². The number of cyclic esters (lactones) is 2. The molecular formula is C8H14O3Si. The number of hydrogen-bond acceptors (Lipinski definition) is 3. The Hall–Kier alpha value is -0.773. The summed E-state index contributed by atoms with van der Waals surface area (Å²) >= 11 is 0. The molecule has 0 saturated carbocycles. The zero-order valence-electron chi connectivity index (χ0n) is 7.66. The molecule has 1 unspecified atom stereocenters. The van der Waals surface area contributed by atoms with Crippen LogP contribution < -0.4 is 0 Å². The lowest BCUT2D eigenvalue weighted by molar-refractivity contribution is 0.125. The van der Waals surface area contributed by atoms with E-state index in [1.165, 1.54) is 0 Å². The number of ether oxygens (including phenoxy) is 2. The van der Waals surface area contributed by atoms with Gasteiger partial charge in [-0.15, -0.1) is 0 Å². The minimum atomic E-state index is -1.17. The monoisotopic (exact) mass is 186 g/mol. The van der Waals surface area contributed by atoms with E-state index in [-0.39, 0.29) is 6.10 Å². The Bertz CT molecular complexity index is 205. The first-order chi connectivity index (χ1) is 5.47. The third kappa shape index (κ3) is 3.09. The first-order valence-electron chi connectivity index (χ1n) is 4.00. The van der Waals surface area contributed by atoms with Crippen molar-refractivity contribution < 1.29 is 14.3 Å². The van der Waals surface area contributed by atoms with Crippen LogP contribution in [0.3, 0.4) is 0 Å². The molecule has 1 fully saturated rings. The molecule has 68 valence electrons. The van der Waals surface area contributed by atoms with Crippen molar-refractivity contribution in [1.29, 1.82) is 0 Å². The van der Waals surface area contributed by atoms with Gasteiger partial charge in [0.25, 0.3) is 0 Å². The molecule has 3 nitrogen and oxygen atoms in total. The van der Waals surface area contributed by atoms with E-state index in [0.717, 1.165) is 0 Å². The van der Waals surface area contributed by atoms with E-state index >= 15 is 0 Å². The van der Waals surface area contributed by atoms with Crippen LogP contribution in [0.1, 0.15) is 0 Å². The quantitative estimate of drug-likeness (QED) is 0.488. The molecule has 0 N–H and O–H groups in total. The Balaban J connectivity index is 2.42. The van der Waals surface area contributed by atoms with Crippen molar-refractivity contribution >= 4 is 14.2 Å². The van der Waals surface area contributed by atoms with Gasteiger partial charge in [0.15, 0.2) is 6.10 Å². The third-order valence-corrected chi connectivity index (χ3v) is 2.62. The van der Waals surface area contributed by atoms with Crippen LogP contribution in [0, 0.1) is 0 Å². The molecular weight excluding hydrogens is 172 g/mol. The van der Waals surface area contributed by atoms with E-state index in [9.17, 15) is 4.79 Å². The summed E-state index contributed by atoms with van der Waals surface area (Å²) in [5, 5.41) is 0. The van der Waals surface area contributed by atoms with Crippen molar-refractivity contribution in [2.75, 3.05) is 6.61 Å². The zero-order valence-corrected chi connectivity index (χ0v) is 8.66. The summed E-state index contributed by atoms with van der Waals surface area (Å²) in [6.07, 6.45) is 1.21. The van der Waals surface area contributed by atoms with Gasteiger partial charge in [0, 0.05) is 0 Å². The van der Waals surface area contributed by atoms with Crippen molar-refractivity contribution in [3.05, 3.63) is 11.8 Å². The first kappa shape index (κ1) is 9.32. The smallest absolute Gasteiger partial charge is 0.430 e. The van der Waals surface area contributed by atoms with Crippen LogP contribution in [0.2, 0.25) is 19.6 Å². The fourth-order valence-electron chi connectivity index (χ4n) is 0.833. The lowest BCUT2D eigenvalue weighted by Crippen LogP contribution is -2.17. The summed E-state index contributed by atoms with van der Waals surface area (Å²) in [6, 6.07) is 0. The van der Waals surface area contributed by atoms with Gasteiger partial charge in [0.2, 0.25) is 0 Å². The highest BCUT2D eigenvalue weighted by molar-refractivity contribution is 6.80. The number of hydrogen-bond donors (Lipinski definition) is 0. The molecule has 0 aromatic heterocycles. The maximum atomic E-state index is 10.5. The minimum Gasteiger partial charge on any atom is -0.430 e. The second-order valence-electron chi connectivity index (χ2n) is 3.94. The molecule has 0 spiro atoms. The summed E-state index contributed by atoms with van der Waals surface area (Å²) in [6.45, 7) is 7.03. The molecule has 0 bridgehead atoms. The number of carbonyl (C=O) groups excluding carboxylic acids is 1. The van der Waals surface area contributed by atoms with Gasteiger partial charge in [-0.2, -0.15) is 0 Å². The lowest BCUT2D eigenvalue weighted by Gasteiger charge is -2.09. The molecule has 1 aliphatic heterocycles. The van der Waals surface area contributed by atoms with E-state index in [1.807, 2.05) is 6.08 Å². The SMILES string of the molecule is C[Si](C)(C)/C=C\C1COC(=O)O1. The maximum absolute atomic E-state index is 10.5. The first-order valence-corrected chi connectivity index (χ1v) is 7.58. The van der Waals surface area contributed by atoms with Crippen LogP contribution in [-0.2, 0) is 9.47 Å². The zero-order chi connectivity index (χ0) is 9.19. The standard InChI is InChI=1S/C8H14O3Si/c1-12(2,3)5-4-7-6-10-8(9)11-7/h4-5,7H,6H2,1-3H3/b5-4-. The van der Waals surface area contributed by atoms with Gasteiger partial charge >= 0.3 is 6.16 Å². The Morgan fingerprint density at radius 3 is 2.58 bits per heavy atom. The van der Waals surface area contributed by atoms with E-state index in [2.05, 4.69) is 30.1 Å². The van der Waals surface area contributed by atoms with Gasteiger partial charge in [-0.3, -0.25) is 0 Å². The second-order valence-corrected chi connectivity index (χ2v) is 9.01. The van der Waals surface area contributed by atoms with Crippen LogP contribution in [-0.4, -0.2) is 26.9 Å². The predicted molar refractivity (Wildman–Crippen MR) is 48.7 cm³/mol. The molecule has 1 aliphatic rings. The molecule has 0 amide bonds. The highest BCUT2D eigenvalue weighted by atomic mass is 28.3. The summed E-state index contributed by atoms with van der Waals surface area (Å²) < 4.78 is 9.46. The highest BCUT2D eigenvalue weighted by Gasteiger charge is 2.22. The van der Waals surface area contributed by atoms with Gasteiger partial charge in [-0.05, 0) is 6.08 Å². The Kier molecular flexibility index (Phi) is 2.57. The molecule has 1 rings (SSSR count). The van der Waals surface area contributed by atoms with E-state index < -0.39 is 14.2 Å². The average molecular weight is 186 g/mol. The molecule has 1 saturated heterocycles. The number of rotatable bonds is 2. The Morgan fingerprint density at radius 1 is 1.50 bits per heavy atom. The van der Waals surface area contributed by atoms with Crippen molar-refractivity contribution in [1.82, 2.24) is 0 Å². The molecule has 0 aromatic rings. The van der Waals surface area contributed by atoms with Crippen molar-refractivity contribution in [2.45, 2.75) is 25.7 Å². The molecule has 0 aromatic carbocycles. The van der Waals surface area contributed by atoms with Crippen molar-refractivity contribution in [3.63, 3.8) is 0 Å².